The Hall–Kier alpha value is -1.10. The first kappa shape index (κ1) is 13.3. The minimum absolute atomic E-state index is 0.169. The van der Waals surface area contributed by atoms with Crippen LogP contribution in [0.3, 0.4) is 0 Å². The van der Waals surface area contributed by atoms with Crippen LogP contribution in [0.2, 0.25) is 0 Å². The molecule has 1 fully saturated rings. The molecule has 5 heteroatoms. The highest BCUT2D eigenvalue weighted by atomic mass is 19.4. The largest absolute Gasteiger partial charge is 0.416 e. The average Bonchev–Trinajstić information content (AvgIpc) is 2.80. The molecular formula is C13H14F4O. The predicted molar refractivity (Wildman–Crippen MR) is 58.6 cm³/mol. The van der Waals surface area contributed by atoms with Crippen LogP contribution in [-0.4, -0.2) is 11.7 Å². The Morgan fingerprint density at radius 2 is 1.83 bits per heavy atom. The lowest BCUT2D eigenvalue weighted by Gasteiger charge is -2.20. The van der Waals surface area contributed by atoms with E-state index in [0.717, 1.165) is 12.1 Å². The van der Waals surface area contributed by atoms with Gasteiger partial charge in [0.25, 0.3) is 0 Å². The molecule has 1 nitrogen and oxygen atoms in total. The average molecular weight is 262 g/mol. The van der Waals surface area contributed by atoms with Crippen LogP contribution in [0.4, 0.5) is 17.6 Å². The molecule has 0 aromatic heterocycles. The summed E-state index contributed by atoms with van der Waals surface area (Å²) in [6.45, 7) is 3.46. The van der Waals surface area contributed by atoms with Gasteiger partial charge in [0.15, 0.2) is 0 Å². The van der Waals surface area contributed by atoms with Gasteiger partial charge >= 0.3 is 6.18 Å². The maximum absolute atomic E-state index is 13.8. The van der Waals surface area contributed by atoms with Gasteiger partial charge in [-0.2, -0.15) is 13.2 Å². The summed E-state index contributed by atoms with van der Waals surface area (Å²) in [5, 5.41) is 9.41. The fraction of sp³-hybridized carbons (Fsp3) is 0.538. The van der Waals surface area contributed by atoms with Crippen molar-refractivity contribution in [3.8, 4) is 0 Å². The summed E-state index contributed by atoms with van der Waals surface area (Å²) in [6.07, 6.45) is -3.98. The smallest absolute Gasteiger partial charge is 0.395 e. The lowest BCUT2D eigenvalue weighted by Crippen LogP contribution is -2.21. The summed E-state index contributed by atoms with van der Waals surface area (Å²) in [5.74, 6) is -0.899. The molecule has 1 saturated carbocycles. The van der Waals surface area contributed by atoms with Crippen LogP contribution >= 0.6 is 0 Å². The second kappa shape index (κ2) is 3.70. The highest BCUT2D eigenvalue weighted by Gasteiger charge is 2.62. The van der Waals surface area contributed by atoms with Crippen LogP contribution in [0.5, 0.6) is 0 Å². The summed E-state index contributed by atoms with van der Waals surface area (Å²) >= 11 is 0. The Morgan fingerprint density at radius 1 is 1.28 bits per heavy atom. The topological polar surface area (TPSA) is 20.2 Å². The van der Waals surface area contributed by atoms with Crippen LogP contribution in [-0.2, 0) is 11.6 Å². The maximum atomic E-state index is 13.8. The minimum Gasteiger partial charge on any atom is -0.395 e. The van der Waals surface area contributed by atoms with Crippen molar-refractivity contribution in [1.29, 1.82) is 0 Å². The monoisotopic (exact) mass is 262 g/mol. The van der Waals surface area contributed by atoms with Crippen LogP contribution in [0.15, 0.2) is 18.2 Å². The number of hydrogen-bond acceptors (Lipinski definition) is 1. The molecule has 1 aromatic rings. The summed E-state index contributed by atoms with van der Waals surface area (Å²) in [6, 6.07) is 2.51. The number of aliphatic hydroxyl groups is 1. The molecule has 100 valence electrons. The number of halogens is 4. The van der Waals surface area contributed by atoms with Crippen LogP contribution < -0.4 is 0 Å². The highest BCUT2D eigenvalue weighted by molar-refractivity contribution is 5.40. The Morgan fingerprint density at radius 3 is 2.17 bits per heavy atom. The van der Waals surface area contributed by atoms with E-state index in [-0.39, 0.29) is 17.6 Å². The van der Waals surface area contributed by atoms with Gasteiger partial charge in [0, 0.05) is 5.41 Å². The quantitative estimate of drug-likeness (QED) is 0.809. The van der Waals surface area contributed by atoms with Crippen molar-refractivity contribution in [2.24, 2.45) is 5.41 Å². The van der Waals surface area contributed by atoms with Gasteiger partial charge in [-0.05, 0) is 29.5 Å². The highest BCUT2D eigenvalue weighted by Crippen LogP contribution is 2.64. The van der Waals surface area contributed by atoms with Gasteiger partial charge in [0.05, 0.1) is 12.2 Å². The summed E-state index contributed by atoms with van der Waals surface area (Å²) in [4.78, 5) is 0. The first-order valence-electron chi connectivity index (χ1n) is 5.62. The Labute approximate surface area is 102 Å². The van der Waals surface area contributed by atoms with E-state index in [1.165, 1.54) is 0 Å². The minimum atomic E-state index is -4.55. The predicted octanol–water partition coefficient (Wildman–Crippen LogP) is 3.50. The fourth-order valence-electron chi connectivity index (χ4n) is 2.60. The molecule has 0 heterocycles. The third-order valence-electron chi connectivity index (χ3n) is 4.00. The van der Waals surface area contributed by atoms with E-state index < -0.39 is 23.0 Å². The molecule has 0 bridgehead atoms. The van der Waals surface area contributed by atoms with Crippen molar-refractivity contribution in [1.82, 2.24) is 0 Å². The molecule has 0 amide bonds. The lowest BCUT2D eigenvalue weighted by atomic mass is 9.87. The molecule has 1 N–H and O–H groups in total. The summed E-state index contributed by atoms with van der Waals surface area (Å²) in [5.41, 5.74) is -1.87. The molecule has 1 aromatic carbocycles. The van der Waals surface area contributed by atoms with Crippen molar-refractivity contribution in [3.63, 3.8) is 0 Å². The zero-order valence-electron chi connectivity index (χ0n) is 10.1. The van der Waals surface area contributed by atoms with Gasteiger partial charge < -0.3 is 5.11 Å². The van der Waals surface area contributed by atoms with E-state index >= 15 is 0 Å². The molecule has 18 heavy (non-hydrogen) atoms. The third-order valence-corrected chi connectivity index (χ3v) is 4.00. The zero-order valence-corrected chi connectivity index (χ0v) is 10.1. The van der Waals surface area contributed by atoms with E-state index in [4.69, 9.17) is 0 Å². The molecule has 0 saturated heterocycles. The standard InChI is InChI=1S/C13H14F4O/c1-11(2)6-12(11,7-18)9-4-3-8(5-10(9)14)13(15,16)17/h3-5,18H,6-7H2,1-2H3. The molecule has 1 unspecified atom stereocenters. The fourth-order valence-corrected chi connectivity index (χ4v) is 2.60. The second-order valence-electron chi connectivity index (χ2n) is 5.49. The Kier molecular flexibility index (Phi) is 2.74. The molecule has 0 aliphatic heterocycles. The van der Waals surface area contributed by atoms with Crippen LogP contribution in [0, 0.1) is 11.2 Å². The number of alkyl halides is 3. The number of rotatable bonds is 2. The van der Waals surface area contributed by atoms with Gasteiger partial charge in [-0.15, -0.1) is 0 Å². The summed E-state index contributed by atoms with van der Waals surface area (Å²) in [7, 11) is 0. The van der Waals surface area contributed by atoms with E-state index in [2.05, 4.69) is 0 Å². The summed E-state index contributed by atoms with van der Waals surface area (Å²) < 4.78 is 51.1. The van der Waals surface area contributed by atoms with E-state index in [1.54, 1.807) is 0 Å². The van der Waals surface area contributed by atoms with Crippen molar-refractivity contribution < 1.29 is 22.7 Å². The van der Waals surface area contributed by atoms with E-state index in [1.807, 2.05) is 13.8 Å². The SMILES string of the molecule is CC1(C)CC1(CO)c1ccc(C(F)(F)F)cc1F. The molecule has 0 radical (unpaired) electrons. The molecule has 1 aliphatic rings. The normalized spacial score (nSPS) is 26.2. The van der Waals surface area contributed by atoms with Crippen molar-refractivity contribution in [2.75, 3.05) is 6.61 Å². The van der Waals surface area contributed by atoms with Crippen LogP contribution in [0.25, 0.3) is 0 Å². The number of hydrogen-bond donors (Lipinski definition) is 1. The molecule has 0 spiro atoms. The third kappa shape index (κ3) is 1.81. The van der Waals surface area contributed by atoms with Crippen molar-refractivity contribution >= 4 is 0 Å². The second-order valence-corrected chi connectivity index (χ2v) is 5.49. The van der Waals surface area contributed by atoms with Gasteiger partial charge in [-0.1, -0.05) is 19.9 Å². The molecule has 2 rings (SSSR count). The first-order valence-corrected chi connectivity index (χ1v) is 5.62. The molecule has 1 atom stereocenters. The van der Waals surface area contributed by atoms with Gasteiger partial charge in [-0.25, -0.2) is 4.39 Å². The van der Waals surface area contributed by atoms with Crippen molar-refractivity contribution in [2.45, 2.75) is 31.9 Å². The lowest BCUT2D eigenvalue weighted by molar-refractivity contribution is -0.137. The Bertz CT molecular complexity index is 478. The molecular weight excluding hydrogens is 248 g/mol. The number of benzene rings is 1. The number of aliphatic hydroxyl groups excluding tert-OH is 1. The molecule has 1 aliphatic carbocycles. The maximum Gasteiger partial charge on any atom is 0.416 e. The zero-order chi connectivity index (χ0) is 13.8. The van der Waals surface area contributed by atoms with Crippen molar-refractivity contribution in [3.05, 3.63) is 35.1 Å². The van der Waals surface area contributed by atoms with E-state index in [0.29, 0.717) is 12.5 Å². The van der Waals surface area contributed by atoms with Crippen LogP contribution in [0.1, 0.15) is 31.4 Å². The van der Waals surface area contributed by atoms with E-state index in [9.17, 15) is 22.7 Å². The van der Waals surface area contributed by atoms with Gasteiger partial charge in [0.2, 0.25) is 0 Å². The van der Waals surface area contributed by atoms with Gasteiger partial charge in [-0.3, -0.25) is 0 Å². The first-order chi connectivity index (χ1) is 8.14. The Balaban J connectivity index is 2.44. The van der Waals surface area contributed by atoms with Gasteiger partial charge in [0.1, 0.15) is 5.82 Å².